The molecule has 1 fully saturated rings. The van der Waals surface area contributed by atoms with E-state index in [0.29, 0.717) is 0 Å². The normalized spacial score (nSPS) is 30.1. The zero-order valence-corrected chi connectivity index (χ0v) is 21.3. The highest BCUT2D eigenvalue weighted by Crippen LogP contribution is 2.52. The number of aromatic hydroxyl groups is 3. The number of ketones is 3. The van der Waals surface area contributed by atoms with Gasteiger partial charge in [0.15, 0.2) is 17.9 Å². The van der Waals surface area contributed by atoms with Crippen LogP contribution in [0.15, 0.2) is 18.2 Å². The quantitative estimate of drug-likeness (QED) is 0.256. The number of phenols is 3. The maximum Gasteiger partial charge on any atom is 0.202 e. The average molecular weight is 550 g/mol. The summed E-state index contributed by atoms with van der Waals surface area (Å²) in [6, 6.07) is 3.20. The van der Waals surface area contributed by atoms with Gasteiger partial charge in [0, 0.05) is 42.0 Å². The largest absolute Gasteiger partial charge is 0.507 e. The smallest absolute Gasteiger partial charge is 0.202 e. The average Bonchev–Trinajstić information content (AvgIpc) is 2.82. The third kappa shape index (κ3) is 4.06. The summed E-state index contributed by atoms with van der Waals surface area (Å²) in [5, 5.41) is 54.1. The number of fused-ring (bicyclic) bond motifs is 3. The molecule has 2 aromatic carbocycles. The number of aliphatic hydroxyl groups excluding tert-OH is 1. The van der Waals surface area contributed by atoms with Crippen LogP contribution in [0.2, 0.25) is 0 Å². The van der Waals surface area contributed by atoms with Crippen LogP contribution in [0.3, 0.4) is 0 Å². The Balaban J connectivity index is 0.00000336. The highest BCUT2D eigenvalue weighted by molar-refractivity contribution is 6.31. The SMILES string of the molecule is CC(=O)[C@]1(O)Cc2c(O)c3c(c(O)c2[C@@H](O[C@H]2C[C@H](N)[C@H](O)[C@H](C)O2)C1)C(=O)c1c(O)cccc1C3=O.Cl. The van der Waals surface area contributed by atoms with Crippen LogP contribution >= 0.6 is 12.4 Å². The van der Waals surface area contributed by atoms with Crippen molar-refractivity contribution in [2.24, 2.45) is 5.73 Å². The van der Waals surface area contributed by atoms with Crippen LogP contribution in [-0.2, 0) is 20.7 Å². The van der Waals surface area contributed by atoms with Crippen molar-refractivity contribution in [2.45, 2.75) is 69.4 Å². The van der Waals surface area contributed by atoms with Crippen molar-refractivity contribution in [3.8, 4) is 17.2 Å². The standard InChI is InChI=1S/C26H27NO10.ClH/c1-9-21(30)13(27)6-16(36-9)37-15-8-26(35,10(2)28)7-12-18(15)25(34)20-19(23(12)32)22(31)11-4-3-5-14(29)17(11)24(20)33;/h3-5,9,13,15-16,21,29-30,32,34-35H,6-8,27H2,1-2H3;1H/t9-,13-,15-,16-,21+,26-;/m0./s1. The molecule has 7 N–H and O–H groups in total. The molecule has 6 atom stereocenters. The van der Waals surface area contributed by atoms with Crippen LogP contribution in [-0.4, -0.2) is 73.0 Å². The summed E-state index contributed by atoms with van der Waals surface area (Å²) in [4.78, 5) is 39.1. The maximum atomic E-state index is 13.4. The number of rotatable bonds is 3. The zero-order valence-electron chi connectivity index (χ0n) is 20.5. The van der Waals surface area contributed by atoms with Gasteiger partial charge >= 0.3 is 0 Å². The van der Waals surface area contributed by atoms with Crippen molar-refractivity contribution in [1.29, 1.82) is 0 Å². The van der Waals surface area contributed by atoms with Crippen molar-refractivity contribution in [2.75, 3.05) is 0 Å². The molecule has 1 heterocycles. The van der Waals surface area contributed by atoms with E-state index in [0.717, 1.165) is 6.92 Å². The van der Waals surface area contributed by atoms with E-state index in [1.807, 2.05) is 0 Å². The number of ether oxygens (including phenoxy) is 2. The highest BCUT2D eigenvalue weighted by atomic mass is 35.5. The molecule has 38 heavy (non-hydrogen) atoms. The van der Waals surface area contributed by atoms with Gasteiger partial charge in [0.25, 0.3) is 0 Å². The van der Waals surface area contributed by atoms with E-state index in [1.54, 1.807) is 6.92 Å². The summed E-state index contributed by atoms with van der Waals surface area (Å²) in [6.07, 6.45) is -4.68. The molecule has 0 unspecified atom stereocenters. The second-order valence-corrected chi connectivity index (χ2v) is 9.95. The lowest BCUT2D eigenvalue weighted by molar-refractivity contribution is -0.247. The molecule has 11 nitrogen and oxygen atoms in total. The zero-order chi connectivity index (χ0) is 27.0. The van der Waals surface area contributed by atoms with E-state index in [2.05, 4.69) is 0 Å². The molecule has 3 aliphatic rings. The van der Waals surface area contributed by atoms with Crippen LogP contribution in [0.1, 0.15) is 75.8 Å². The van der Waals surface area contributed by atoms with Gasteiger partial charge in [0.05, 0.1) is 35.0 Å². The Morgan fingerprint density at radius 1 is 1.11 bits per heavy atom. The number of halogens is 1. The maximum absolute atomic E-state index is 13.4. The second kappa shape index (κ2) is 9.60. The summed E-state index contributed by atoms with van der Waals surface area (Å²) in [6.45, 7) is 2.76. The summed E-state index contributed by atoms with van der Waals surface area (Å²) in [7, 11) is 0. The van der Waals surface area contributed by atoms with Crippen molar-refractivity contribution < 1.29 is 49.4 Å². The first-order valence-electron chi connectivity index (χ1n) is 11.9. The van der Waals surface area contributed by atoms with Gasteiger partial charge in [-0.2, -0.15) is 0 Å². The fourth-order valence-electron chi connectivity index (χ4n) is 5.50. The molecule has 2 aliphatic carbocycles. The van der Waals surface area contributed by atoms with E-state index in [1.165, 1.54) is 18.2 Å². The number of hydrogen-bond acceptors (Lipinski definition) is 11. The van der Waals surface area contributed by atoms with Crippen LogP contribution in [0.25, 0.3) is 0 Å². The number of phenolic OH excluding ortho intramolecular Hbond substituents is 3. The van der Waals surface area contributed by atoms with Gasteiger partial charge in [-0.1, -0.05) is 12.1 Å². The molecule has 204 valence electrons. The predicted octanol–water partition coefficient (Wildman–Crippen LogP) is 1.15. The van der Waals surface area contributed by atoms with E-state index >= 15 is 0 Å². The third-order valence-corrected chi connectivity index (χ3v) is 7.59. The molecule has 0 aromatic heterocycles. The fraction of sp³-hybridized carbons (Fsp3) is 0.423. The lowest BCUT2D eigenvalue weighted by Gasteiger charge is -2.42. The summed E-state index contributed by atoms with van der Waals surface area (Å²) in [5.41, 5.74) is 2.29. The molecule has 0 saturated carbocycles. The number of benzene rings is 2. The topological polar surface area (TPSA) is 197 Å². The van der Waals surface area contributed by atoms with Crippen molar-refractivity contribution >= 4 is 29.8 Å². The molecular formula is C26H28ClNO10. The lowest BCUT2D eigenvalue weighted by atomic mass is 9.72. The molecule has 0 spiro atoms. The molecule has 0 amide bonds. The number of hydrogen-bond donors (Lipinski definition) is 6. The van der Waals surface area contributed by atoms with Gasteiger partial charge in [-0.25, -0.2) is 0 Å². The van der Waals surface area contributed by atoms with Crippen molar-refractivity contribution in [3.05, 3.63) is 51.6 Å². The van der Waals surface area contributed by atoms with Gasteiger partial charge in [-0.15, -0.1) is 12.4 Å². The first kappa shape index (κ1) is 28.0. The molecule has 12 heteroatoms. The number of carbonyl (C=O) groups is 3. The molecule has 0 radical (unpaired) electrons. The van der Waals surface area contributed by atoms with Crippen molar-refractivity contribution in [1.82, 2.24) is 0 Å². The van der Waals surface area contributed by atoms with Gasteiger partial charge in [0.1, 0.15) is 22.8 Å². The molecule has 1 aliphatic heterocycles. The predicted molar refractivity (Wildman–Crippen MR) is 133 cm³/mol. The first-order valence-corrected chi connectivity index (χ1v) is 11.9. The van der Waals surface area contributed by atoms with Crippen LogP contribution < -0.4 is 5.73 Å². The Morgan fingerprint density at radius 2 is 1.76 bits per heavy atom. The van der Waals surface area contributed by atoms with Gasteiger partial charge in [-0.3, -0.25) is 14.4 Å². The van der Waals surface area contributed by atoms with E-state index in [9.17, 15) is 39.9 Å². The van der Waals surface area contributed by atoms with Gasteiger partial charge in [-0.05, 0) is 19.9 Å². The molecular weight excluding hydrogens is 522 g/mol. The second-order valence-electron chi connectivity index (χ2n) is 9.95. The minimum absolute atomic E-state index is 0. The van der Waals surface area contributed by atoms with Crippen LogP contribution in [0, 0.1) is 0 Å². The monoisotopic (exact) mass is 549 g/mol. The van der Waals surface area contributed by atoms with Gasteiger partial charge < -0.3 is 40.7 Å². The molecule has 1 saturated heterocycles. The molecule has 0 bridgehead atoms. The van der Waals surface area contributed by atoms with Crippen LogP contribution in [0.5, 0.6) is 17.2 Å². The Morgan fingerprint density at radius 3 is 2.39 bits per heavy atom. The van der Waals surface area contributed by atoms with E-state index < -0.39 is 88.4 Å². The molecule has 2 aromatic rings. The number of carbonyl (C=O) groups excluding carboxylic acids is 3. The summed E-state index contributed by atoms with van der Waals surface area (Å²) >= 11 is 0. The number of nitrogens with two attached hydrogens (primary N) is 1. The van der Waals surface area contributed by atoms with Crippen molar-refractivity contribution in [3.63, 3.8) is 0 Å². The lowest BCUT2D eigenvalue weighted by Crippen LogP contribution is -2.52. The van der Waals surface area contributed by atoms with Gasteiger partial charge in [0.2, 0.25) is 5.78 Å². The summed E-state index contributed by atoms with van der Waals surface area (Å²) in [5.74, 6) is -4.13. The third-order valence-electron chi connectivity index (χ3n) is 7.59. The minimum Gasteiger partial charge on any atom is -0.507 e. The Bertz CT molecular complexity index is 1350. The molecule has 5 rings (SSSR count). The summed E-state index contributed by atoms with van der Waals surface area (Å²) < 4.78 is 11.7. The Kier molecular flexibility index (Phi) is 7.06. The Hall–Kier alpha value is -3.06. The first-order chi connectivity index (χ1) is 17.4. The Labute approximate surface area is 223 Å². The number of Topliss-reactive ketones (excluding diaryl/α,β-unsaturated/α-hetero) is 1. The minimum atomic E-state index is -2.02. The number of aliphatic hydroxyl groups is 2. The van der Waals surface area contributed by atoms with Crippen LogP contribution in [0.4, 0.5) is 0 Å². The van der Waals surface area contributed by atoms with E-state index in [4.69, 9.17) is 15.2 Å². The highest BCUT2D eigenvalue weighted by Gasteiger charge is 2.49. The fourth-order valence-corrected chi connectivity index (χ4v) is 5.50. The van der Waals surface area contributed by atoms with E-state index in [-0.39, 0.29) is 47.5 Å².